The number of anilines is 1. The van der Waals surface area contributed by atoms with Crippen molar-refractivity contribution >= 4 is 23.2 Å². The molecule has 4 heteroatoms. The molecular formula is C25H31ClN2O. The molecule has 0 atom stereocenters. The Kier molecular flexibility index (Phi) is 6.89. The van der Waals surface area contributed by atoms with Crippen LogP contribution in [0.5, 0.6) is 0 Å². The largest absolute Gasteiger partial charge is 0.325 e. The van der Waals surface area contributed by atoms with Gasteiger partial charge in [-0.05, 0) is 79.9 Å². The summed E-state index contributed by atoms with van der Waals surface area (Å²) in [5.41, 5.74) is 3.57. The van der Waals surface area contributed by atoms with Crippen LogP contribution in [0.15, 0.2) is 48.5 Å². The Bertz CT molecular complexity index is 806. The van der Waals surface area contributed by atoms with E-state index in [4.69, 9.17) is 11.6 Å². The quantitative estimate of drug-likeness (QED) is 0.635. The summed E-state index contributed by atoms with van der Waals surface area (Å²) in [6.07, 6.45) is 8.76. The molecule has 1 aliphatic carbocycles. The number of nitrogens with zero attached hydrogens (tertiary/aromatic N) is 1. The second-order valence-electron chi connectivity index (χ2n) is 8.58. The number of halogens is 1. The number of carbonyl (C=O) groups is 1. The molecular weight excluding hydrogens is 380 g/mol. The summed E-state index contributed by atoms with van der Waals surface area (Å²) in [6, 6.07) is 16.6. The van der Waals surface area contributed by atoms with Crippen LogP contribution in [0.3, 0.4) is 0 Å². The summed E-state index contributed by atoms with van der Waals surface area (Å²) in [7, 11) is 0. The van der Waals surface area contributed by atoms with E-state index in [0.717, 1.165) is 36.6 Å². The van der Waals surface area contributed by atoms with Crippen molar-refractivity contribution in [3.63, 3.8) is 0 Å². The van der Waals surface area contributed by atoms with Crippen molar-refractivity contribution in [3.8, 4) is 0 Å². The van der Waals surface area contributed by atoms with Crippen molar-refractivity contribution in [1.29, 1.82) is 0 Å². The fourth-order valence-corrected chi connectivity index (χ4v) is 5.18. The van der Waals surface area contributed by atoms with Crippen molar-refractivity contribution in [2.75, 3.05) is 25.0 Å². The standard InChI is InChI=1S/C25H31ClN2O/c26-24-9-5-4-8-23(24)21-14-16-28(17-15-21)18-25(29)27-22-12-10-20(11-13-22)19-6-2-1-3-7-19/h4-5,8-13,19,21H,1-3,6-7,14-18H2,(H,27,29). The predicted octanol–water partition coefficient (Wildman–Crippen LogP) is 6.21. The smallest absolute Gasteiger partial charge is 0.238 e. The van der Waals surface area contributed by atoms with E-state index in [9.17, 15) is 4.79 Å². The minimum Gasteiger partial charge on any atom is -0.325 e. The molecule has 1 amide bonds. The van der Waals surface area contributed by atoms with E-state index in [1.807, 2.05) is 12.1 Å². The molecule has 1 aliphatic heterocycles. The molecule has 1 heterocycles. The van der Waals surface area contributed by atoms with Gasteiger partial charge in [0, 0.05) is 10.7 Å². The summed E-state index contributed by atoms with van der Waals surface area (Å²) in [4.78, 5) is 14.7. The number of rotatable bonds is 5. The maximum Gasteiger partial charge on any atom is 0.238 e. The van der Waals surface area contributed by atoms with Gasteiger partial charge in [-0.2, -0.15) is 0 Å². The summed E-state index contributed by atoms with van der Waals surface area (Å²) in [6.45, 7) is 2.33. The highest BCUT2D eigenvalue weighted by atomic mass is 35.5. The molecule has 0 spiro atoms. The summed E-state index contributed by atoms with van der Waals surface area (Å²) < 4.78 is 0. The molecule has 2 aromatic carbocycles. The number of carbonyl (C=O) groups excluding carboxylic acids is 1. The van der Waals surface area contributed by atoms with Gasteiger partial charge in [-0.25, -0.2) is 0 Å². The molecule has 0 radical (unpaired) electrons. The van der Waals surface area contributed by atoms with Crippen molar-refractivity contribution in [1.82, 2.24) is 4.90 Å². The number of amides is 1. The van der Waals surface area contributed by atoms with E-state index in [1.165, 1.54) is 43.2 Å². The monoisotopic (exact) mass is 410 g/mol. The first-order chi connectivity index (χ1) is 14.2. The van der Waals surface area contributed by atoms with Gasteiger partial charge in [-0.15, -0.1) is 0 Å². The van der Waals surface area contributed by atoms with Gasteiger partial charge < -0.3 is 5.32 Å². The third-order valence-electron chi connectivity index (χ3n) is 6.57. The first kappa shape index (κ1) is 20.4. The minimum atomic E-state index is 0.0756. The average Bonchev–Trinajstić information content (AvgIpc) is 2.76. The highest BCUT2D eigenvalue weighted by Crippen LogP contribution is 2.34. The van der Waals surface area contributed by atoms with Crippen LogP contribution in [-0.4, -0.2) is 30.4 Å². The number of likely N-dealkylation sites (tertiary alicyclic amines) is 1. The molecule has 29 heavy (non-hydrogen) atoms. The molecule has 4 rings (SSSR count). The molecule has 0 bridgehead atoms. The van der Waals surface area contributed by atoms with Crippen molar-refractivity contribution in [3.05, 3.63) is 64.7 Å². The zero-order valence-electron chi connectivity index (χ0n) is 17.1. The Morgan fingerprint density at radius 1 is 0.897 bits per heavy atom. The maximum atomic E-state index is 12.5. The van der Waals surface area contributed by atoms with Crippen LogP contribution in [0.25, 0.3) is 0 Å². The molecule has 0 aromatic heterocycles. The number of hydrogen-bond donors (Lipinski definition) is 1. The predicted molar refractivity (Wildman–Crippen MR) is 121 cm³/mol. The third kappa shape index (κ3) is 5.40. The van der Waals surface area contributed by atoms with Crippen LogP contribution in [0.4, 0.5) is 5.69 Å². The second kappa shape index (κ2) is 9.77. The molecule has 1 saturated heterocycles. The lowest BCUT2D eigenvalue weighted by molar-refractivity contribution is -0.117. The fraction of sp³-hybridized carbons (Fsp3) is 0.480. The number of benzene rings is 2. The van der Waals surface area contributed by atoms with Gasteiger partial charge >= 0.3 is 0 Å². The molecule has 1 saturated carbocycles. The fourth-order valence-electron chi connectivity index (χ4n) is 4.89. The Morgan fingerprint density at radius 3 is 2.28 bits per heavy atom. The zero-order chi connectivity index (χ0) is 20.1. The lowest BCUT2D eigenvalue weighted by Crippen LogP contribution is -2.38. The normalized spacial score (nSPS) is 19.2. The highest BCUT2D eigenvalue weighted by molar-refractivity contribution is 6.31. The minimum absolute atomic E-state index is 0.0756. The second-order valence-corrected chi connectivity index (χ2v) is 8.98. The van der Waals surface area contributed by atoms with E-state index in [2.05, 4.69) is 46.6 Å². The number of hydrogen-bond acceptors (Lipinski definition) is 2. The first-order valence-electron chi connectivity index (χ1n) is 11.1. The van der Waals surface area contributed by atoms with E-state index >= 15 is 0 Å². The van der Waals surface area contributed by atoms with E-state index in [-0.39, 0.29) is 5.91 Å². The lowest BCUT2D eigenvalue weighted by atomic mass is 9.84. The number of nitrogens with one attached hydrogen (secondary N) is 1. The Morgan fingerprint density at radius 2 is 1.59 bits per heavy atom. The van der Waals surface area contributed by atoms with Crippen molar-refractivity contribution in [2.45, 2.75) is 56.8 Å². The van der Waals surface area contributed by atoms with Gasteiger partial charge in [0.1, 0.15) is 0 Å². The van der Waals surface area contributed by atoms with Gasteiger partial charge in [0.25, 0.3) is 0 Å². The van der Waals surface area contributed by atoms with Crippen LogP contribution in [0.2, 0.25) is 5.02 Å². The first-order valence-corrected chi connectivity index (χ1v) is 11.4. The molecule has 0 unspecified atom stereocenters. The third-order valence-corrected chi connectivity index (χ3v) is 6.92. The van der Waals surface area contributed by atoms with Gasteiger partial charge in [0.05, 0.1) is 6.54 Å². The summed E-state index contributed by atoms with van der Waals surface area (Å²) in [5.74, 6) is 1.27. The van der Waals surface area contributed by atoms with Gasteiger partial charge in [0.15, 0.2) is 0 Å². The average molecular weight is 411 g/mol. The van der Waals surface area contributed by atoms with Gasteiger partial charge in [-0.1, -0.05) is 61.2 Å². The SMILES string of the molecule is O=C(CN1CCC(c2ccccc2Cl)CC1)Nc1ccc(C2CCCCC2)cc1. The molecule has 2 aliphatic rings. The van der Waals surface area contributed by atoms with Crippen molar-refractivity contribution in [2.24, 2.45) is 0 Å². The molecule has 3 nitrogen and oxygen atoms in total. The van der Waals surface area contributed by atoms with Crippen LogP contribution < -0.4 is 5.32 Å². The van der Waals surface area contributed by atoms with Gasteiger partial charge in [-0.3, -0.25) is 9.69 Å². The van der Waals surface area contributed by atoms with Crippen LogP contribution in [0.1, 0.15) is 67.9 Å². The van der Waals surface area contributed by atoms with Crippen LogP contribution >= 0.6 is 11.6 Å². The summed E-state index contributed by atoms with van der Waals surface area (Å²) in [5, 5.41) is 3.93. The molecule has 1 N–H and O–H groups in total. The van der Waals surface area contributed by atoms with Gasteiger partial charge in [0.2, 0.25) is 5.91 Å². The lowest BCUT2D eigenvalue weighted by Gasteiger charge is -2.32. The van der Waals surface area contributed by atoms with E-state index in [1.54, 1.807) is 0 Å². The Hall–Kier alpha value is -1.84. The number of piperidine rings is 1. The van der Waals surface area contributed by atoms with Crippen LogP contribution in [0, 0.1) is 0 Å². The molecule has 2 fully saturated rings. The zero-order valence-corrected chi connectivity index (χ0v) is 17.8. The maximum absolute atomic E-state index is 12.5. The topological polar surface area (TPSA) is 32.3 Å². The van der Waals surface area contributed by atoms with Crippen LogP contribution in [-0.2, 0) is 4.79 Å². The molecule has 154 valence electrons. The molecule has 2 aromatic rings. The highest BCUT2D eigenvalue weighted by Gasteiger charge is 2.23. The van der Waals surface area contributed by atoms with E-state index < -0.39 is 0 Å². The summed E-state index contributed by atoms with van der Waals surface area (Å²) >= 11 is 6.35. The van der Waals surface area contributed by atoms with E-state index in [0.29, 0.717) is 18.4 Å². The Balaban J connectivity index is 1.24. The Labute approximate surface area is 179 Å². The van der Waals surface area contributed by atoms with Crippen molar-refractivity contribution < 1.29 is 4.79 Å².